The van der Waals surface area contributed by atoms with Gasteiger partial charge in [0.15, 0.2) is 0 Å². The highest BCUT2D eigenvalue weighted by atomic mass is 16.2. The second-order valence-corrected chi connectivity index (χ2v) is 7.63. The molecule has 0 bridgehead atoms. The fraction of sp³-hybridized carbons (Fsp3) is 0.600. The Bertz CT molecular complexity index is 623. The fourth-order valence-corrected chi connectivity index (χ4v) is 3.79. The maximum absolute atomic E-state index is 12.7. The largest absolute Gasteiger partial charge is 0.352 e. The molecule has 2 amide bonds. The molecular formula is C20H29N3O2. The number of fused-ring (bicyclic) bond motifs is 1. The summed E-state index contributed by atoms with van der Waals surface area (Å²) in [6.07, 6.45) is 5.11. The number of carbonyl (C=O) groups is 2. The molecule has 1 aliphatic heterocycles. The van der Waals surface area contributed by atoms with E-state index in [1.165, 1.54) is 24.0 Å². The number of carbonyl (C=O) groups excluding carboxylic acids is 2. The number of hydrogen-bond acceptors (Lipinski definition) is 3. The molecule has 0 unspecified atom stereocenters. The predicted octanol–water partition coefficient (Wildman–Crippen LogP) is 1.90. The van der Waals surface area contributed by atoms with Crippen molar-refractivity contribution in [2.45, 2.75) is 70.6 Å². The minimum absolute atomic E-state index is 0.0496. The van der Waals surface area contributed by atoms with E-state index in [2.05, 4.69) is 28.1 Å². The van der Waals surface area contributed by atoms with Crippen molar-refractivity contribution in [1.29, 1.82) is 0 Å². The lowest BCUT2D eigenvalue weighted by atomic mass is 9.94. The van der Waals surface area contributed by atoms with Crippen LogP contribution in [0.25, 0.3) is 0 Å². The highest BCUT2D eigenvalue weighted by molar-refractivity contribution is 5.90. The van der Waals surface area contributed by atoms with E-state index in [1.807, 2.05) is 26.0 Å². The molecule has 2 aliphatic rings. The second-order valence-electron chi connectivity index (χ2n) is 7.63. The van der Waals surface area contributed by atoms with E-state index in [0.29, 0.717) is 13.0 Å². The van der Waals surface area contributed by atoms with Crippen LogP contribution >= 0.6 is 0 Å². The maximum Gasteiger partial charge on any atom is 0.243 e. The number of amides is 2. The monoisotopic (exact) mass is 343 g/mol. The molecule has 1 fully saturated rings. The summed E-state index contributed by atoms with van der Waals surface area (Å²) in [4.78, 5) is 25.3. The summed E-state index contributed by atoms with van der Waals surface area (Å²) in [6.45, 7) is 4.64. The number of benzene rings is 1. The van der Waals surface area contributed by atoms with Crippen LogP contribution in [0.1, 0.15) is 50.7 Å². The van der Waals surface area contributed by atoms with Crippen LogP contribution in [0.15, 0.2) is 24.3 Å². The average Bonchev–Trinajstić information content (AvgIpc) is 3.11. The van der Waals surface area contributed by atoms with Gasteiger partial charge in [-0.05, 0) is 36.3 Å². The topological polar surface area (TPSA) is 70.2 Å². The molecule has 0 aromatic heterocycles. The van der Waals surface area contributed by atoms with Gasteiger partial charge >= 0.3 is 0 Å². The summed E-state index contributed by atoms with van der Waals surface area (Å²) in [5.41, 5.74) is 2.45. The molecule has 3 N–H and O–H groups in total. The van der Waals surface area contributed by atoms with Gasteiger partial charge in [-0.3, -0.25) is 9.59 Å². The van der Waals surface area contributed by atoms with Crippen LogP contribution < -0.4 is 16.0 Å². The highest BCUT2D eigenvalue weighted by Crippen LogP contribution is 2.19. The lowest BCUT2D eigenvalue weighted by Crippen LogP contribution is -2.56. The zero-order chi connectivity index (χ0) is 17.8. The Morgan fingerprint density at radius 3 is 2.48 bits per heavy atom. The van der Waals surface area contributed by atoms with Crippen LogP contribution in [0.5, 0.6) is 0 Å². The van der Waals surface area contributed by atoms with Crippen molar-refractivity contribution in [3.05, 3.63) is 35.4 Å². The maximum atomic E-state index is 12.7. The number of hydrogen-bond donors (Lipinski definition) is 3. The van der Waals surface area contributed by atoms with Gasteiger partial charge < -0.3 is 16.0 Å². The van der Waals surface area contributed by atoms with E-state index < -0.39 is 6.04 Å². The van der Waals surface area contributed by atoms with Crippen molar-refractivity contribution in [2.24, 2.45) is 5.92 Å². The van der Waals surface area contributed by atoms with Crippen LogP contribution in [0.3, 0.4) is 0 Å². The number of rotatable bonds is 5. The molecule has 1 aromatic rings. The molecule has 25 heavy (non-hydrogen) atoms. The molecule has 2 atom stereocenters. The summed E-state index contributed by atoms with van der Waals surface area (Å²) < 4.78 is 0. The summed E-state index contributed by atoms with van der Waals surface area (Å²) in [6, 6.07) is 7.69. The molecule has 1 aromatic carbocycles. The molecule has 136 valence electrons. The molecular weight excluding hydrogens is 314 g/mol. The highest BCUT2D eigenvalue weighted by Gasteiger charge is 2.31. The standard InChI is InChI=1S/C20H29N3O2/c1-13(2)18(20(25)22-16-9-5-6-10-16)23-19(24)17-11-14-7-3-4-8-15(14)12-21-17/h3-4,7-8,13,16-18,21H,5-6,9-12H2,1-2H3,(H,22,25)(H,23,24)/t17-,18+/m1/s1. The minimum atomic E-state index is -0.480. The Labute approximate surface area is 150 Å². The van der Waals surface area contributed by atoms with Crippen LogP contribution in [-0.2, 0) is 22.6 Å². The van der Waals surface area contributed by atoms with E-state index in [0.717, 1.165) is 12.8 Å². The Balaban J connectivity index is 1.60. The van der Waals surface area contributed by atoms with E-state index in [9.17, 15) is 9.59 Å². The lowest BCUT2D eigenvalue weighted by Gasteiger charge is -2.29. The van der Waals surface area contributed by atoms with Gasteiger partial charge in [0.25, 0.3) is 0 Å². The summed E-state index contributed by atoms with van der Waals surface area (Å²) >= 11 is 0. The molecule has 0 spiro atoms. The van der Waals surface area contributed by atoms with E-state index in [1.54, 1.807) is 0 Å². The molecule has 0 radical (unpaired) electrons. The zero-order valence-corrected chi connectivity index (χ0v) is 15.2. The molecule has 1 saturated carbocycles. The Morgan fingerprint density at radius 1 is 1.12 bits per heavy atom. The lowest BCUT2D eigenvalue weighted by molar-refractivity contribution is -0.131. The summed E-state index contributed by atoms with van der Waals surface area (Å²) in [5.74, 6) is -0.0811. The third-order valence-corrected chi connectivity index (χ3v) is 5.35. The van der Waals surface area contributed by atoms with Crippen molar-refractivity contribution in [3.63, 3.8) is 0 Å². The van der Waals surface area contributed by atoms with Gasteiger partial charge in [0.05, 0.1) is 6.04 Å². The van der Waals surface area contributed by atoms with Gasteiger partial charge in [-0.1, -0.05) is 51.0 Å². The summed E-state index contributed by atoms with van der Waals surface area (Å²) in [7, 11) is 0. The van der Waals surface area contributed by atoms with E-state index in [-0.39, 0.29) is 29.8 Å². The SMILES string of the molecule is CC(C)[C@H](NC(=O)[C@H]1Cc2ccccc2CN1)C(=O)NC1CCCC1. The van der Waals surface area contributed by atoms with Gasteiger partial charge in [0, 0.05) is 12.6 Å². The first-order valence-electron chi connectivity index (χ1n) is 9.45. The van der Waals surface area contributed by atoms with Crippen LogP contribution in [0, 0.1) is 5.92 Å². The van der Waals surface area contributed by atoms with Gasteiger partial charge in [0.2, 0.25) is 11.8 Å². The van der Waals surface area contributed by atoms with Gasteiger partial charge in [0.1, 0.15) is 6.04 Å². The third kappa shape index (κ3) is 4.40. The molecule has 1 aliphatic carbocycles. The first-order chi connectivity index (χ1) is 12.0. The van der Waals surface area contributed by atoms with E-state index in [4.69, 9.17) is 0 Å². The van der Waals surface area contributed by atoms with Gasteiger partial charge in [-0.2, -0.15) is 0 Å². The van der Waals surface area contributed by atoms with Crippen molar-refractivity contribution in [2.75, 3.05) is 0 Å². The van der Waals surface area contributed by atoms with Crippen molar-refractivity contribution >= 4 is 11.8 Å². The Morgan fingerprint density at radius 2 is 1.80 bits per heavy atom. The Kier molecular flexibility index (Phi) is 5.74. The third-order valence-electron chi connectivity index (χ3n) is 5.35. The van der Waals surface area contributed by atoms with Crippen LogP contribution in [0.2, 0.25) is 0 Å². The molecule has 0 saturated heterocycles. The van der Waals surface area contributed by atoms with Crippen LogP contribution in [-0.4, -0.2) is 29.9 Å². The fourth-order valence-electron chi connectivity index (χ4n) is 3.79. The second kappa shape index (κ2) is 8.00. The first-order valence-corrected chi connectivity index (χ1v) is 9.45. The average molecular weight is 343 g/mol. The Hall–Kier alpha value is -1.88. The van der Waals surface area contributed by atoms with Crippen molar-refractivity contribution in [1.82, 2.24) is 16.0 Å². The minimum Gasteiger partial charge on any atom is -0.352 e. The van der Waals surface area contributed by atoms with Gasteiger partial charge in [-0.15, -0.1) is 0 Å². The smallest absolute Gasteiger partial charge is 0.243 e. The van der Waals surface area contributed by atoms with Crippen LogP contribution in [0.4, 0.5) is 0 Å². The zero-order valence-electron chi connectivity index (χ0n) is 15.2. The normalized spacial score (nSPS) is 21.6. The first kappa shape index (κ1) is 17.9. The van der Waals surface area contributed by atoms with Crippen molar-refractivity contribution in [3.8, 4) is 0 Å². The molecule has 1 heterocycles. The van der Waals surface area contributed by atoms with Gasteiger partial charge in [-0.25, -0.2) is 0 Å². The molecule has 3 rings (SSSR count). The van der Waals surface area contributed by atoms with Crippen molar-refractivity contribution < 1.29 is 9.59 Å². The quantitative estimate of drug-likeness (QED) is 0.765. The summed E-state index contributed by atoms with van der Waals surface area (Å²) in [5, 5.41) is 9.38. The number of nitrogens with one attached hydrogen (secondary N) is 3. The van der Waals surface area contributed by atoms with E-state index >= 15 is 0 Å². The molecule has 5 nitrogen and oxygen atoms in total. The predicted molar refractivity (Wildman–Crippen MR) is 97.9 cm³/mol. The molecule has 5 heteroatoms.